The molecule has 2 aromatic rings. The fourth-order valence-corrected chi connectivity index (χ4v) is 4.58. The van der Waals surface area contributed by atoms with Crippen molar-refractivity contribution < 1.29 is 14.7 Å². The molecule has 200 valence electrons. The number of carbonyl (C=O) groups excluding carboxylic acids is 2. The van der Waals surface area contributed by atoms with Crippen LogP contribution in [-0.2, 0) is 11.2 Å². The van der Waals surface area contributed by atoms with Crippen LogP contribution in [0.2, 0.25) is 0 Å². The predicted molar refractivity (Wildman–Crippen MR) is 139 cm³/mol. The van der Waals surface area contributed by atoms with E-state index in [2.05, 4.69) is 15.2 Å². The van der Waals surface area contributed by atoms with E-state index in [9.17, 15) is 19.5 Å². The number of rotatable bonds is 7. The number of hydrogen-bond donors (Lipinski definition) is 4. The molecule has 3 amide bonds. The lowest BCUT2D eigenvalue weighted by Gasteiger charge is -2.37. The largest absolute Gasteiger partial charge is 0.394 e. The summed E-state index contributed by atoms with van der Waals surface area (Å²) in [5, 5.41) is 12.0. The number of urea groups is 1. The minimum absolute atomic E-state index is 0.153. The summed E-state index contributed by atoms with van der Waals surface area (Å²) in [6.07, 6.45) is 3.54. The van der Waals surface area contributed by atoms with Crippen LogP contribution in [0, 0.1) is 0 Å². The van der Waals surface area contributed by atoms with Crippen LogP contribution in [0.1, 0.15) is 18.9 Å². The number of carbonyl (C=O) groups is 2. The van der Waals surface area contributed by atoms with E-state index in [-0.39, 0.29) is 17.8 Å². The van der Waals surface area contributed by atoms with E-state index in [4.69, 9.17) is 11.5 Å². The highest BCUT2D eigenvalue weighted by Gasteiger charge is 2.34. The lowest BCUT2D eigenvalue weighted by atomic mass is 10.0. The molecule has 0 aliphatic carbocycles. The van der Waals surface area contributed by atoms with Gasteiger partial charge < -0.3 is 31.3 Å². The van der Waals surface area contributed by atoms with Crippen LogP contribution in [0.15, 0.2) is 41.3 Å². The maximum absolute atomic E-state index is 12.7. The Morgan fingerprint density at radius 3 is 2.38 bits per heavy atom. The van der Waals surface area contributed by atoms with Gasteiger partial charge in [-0.2, -0.15) is 4.98 Å². The Labute approximate surface area is 215 Å². The van der Waals surface area contributed by atoms with Gasteiger partial charge in [-0.05, 0) is 50.1 Å². The molecule has 1 aromatic heterocycles. The SMILES string of the molecule is C[C@](N)(CO)C(=O)N1CCN(C(=O)Nc2ccn(-c3ccc(CCN4CC[C@@H](N)C4)cc3)c(=O)n2)CC1. The molecule has 0 radical (unpaired) electrons. The molecule has 2 atom stereocenters. The summed E-state index contributed by atoms with van der Waals surface area (Å²) in [4.78, 5) is 47.2. The molecule has 0 bridgehead atoms. The smallest absolute Gasteiger partial charge is 0.354 e. The number of aliphatic hydroxyl groups is 1. The summed E-state index contributed by atoms with van der Waals surface area (Å²) in [6.45, 7) is 5.16. The van der Waals surface area contributed by atoms with Gasteiger partial charge in [-0.25, -0.2) is 9.59 Å². The molecule has 6 N–H and O–H groups in total. The second-order valence-electron chi connectivity index (χ2n) is 10.0. The normalized spacial score (nSPS) is 20.1. The summed E-state index contributed by atoms with van der Waals surface area (Å²) in [6, 6.07) is 9.22. The molecule has 0 spiro atoms. The maximum Gasteiger partial charge on any atom is 0.354 e. The van der Waals surface area contributed by atoms with Crippen molar-refractivity contribution in [2.45, 2.75) is 31.3 Å². The molecule has 12 heteroatoms. The van der Waals surface area contributed by atoms with E-state index in [1.54, 1.807) is 17.2 Å². The van der Waals surface area contributed by atoms with E-state index in [0.717, 1.165) is 32.5 Å². The first-order valence-corrected chi connectivity index (χ1v) is 12.6. The minimum atomic E-state index is -1.35. The van der Waals surface area contributed by atoms with Gasteiger partial charge in [0, 0.05) is 51.5 Å². The number of nitrogens with two attached hydrogens (primary N) is 2. The van der Waals surface area contributed by atoms with Gasteiger partial charge in [-0.1, -0.05) is 12.1 Å². The van der Waals surface area contributed by atoms with Crippen molar-refractivity contribution in [3.8, 4) is 5.69 Å². The number of anilines is 1. The molecular formula is C25H36N8O4. The molecule has 1 aromatic carbocycles. The van der Waals surface area contributed by atoms with E-state index >= 15 is 0 Å². The average molecular weight is 513 g/mol. The summed E-state index contributed by atoms with van der Waals surface area (Å²) in [5.74, 6) is -0.204. The zero-order valence-corrected chi connectivity index (χ0v) is 21.2. The van der Waals surface area contributed by atoms with Crippen LogP contribution in [0.25, 0.3) is 5.69 Å². The van der Waals surface area contributed by atoms with E-state index in [1.165, 1.54) is 22.0 Å². The third-order valence-corrected chi connectivity index (χ3v) is 6.95. The molecule has 12 nitrogen and oxygen atoms in total. The van der Waals surface area contributed by atoms with Gasteiger partial charge in [0.25, 0.3) is 0 Å². The zero-order valence-electron chi connectivity index (χ0n) is 21.2. The molecule has 3 heterocycles. The van der Waals surface area contributed by atoms with Gasteiger partial charge in [0.1, 0.15) is 11.4 Å². The molecule has 0 unspecified atom stereocenters. The van der Waals surface area contributed by atoms with Crippen LogP contribution < -0.4 is 22.5 Å². The second kappa shape index (κ2) is 11.4. The quantitative estimate of drug-likeness (QED) is 0.374. The number of amides is 3. The van der Waals surface area contributed by atoms with Crippen LogP contribution in [-0.4, -0.2) is 105 Å². The standard InChI is InChI=1S/C25H36N8O4/c1-25(27,17-34)22(35)31-12-14-32(15-13-31)23(36)28-21-8-11-33(24(37)29-21)20-4-2-18(3-5-20)6-9-30-10-7-19(26)16-30/h2-5,8,11,19,34H,6-7,9-10,12-17,26-27H2,1H3,(H,28,29,36,37)/t19-,25+/m1/s1. The molecule has 2 aliphatic heterocycles. The Bertz CT molecular complexity index is 1160. The van der Waals surface area contributed by atoms with Crippen molar-refractivity contribution >= 4 is 17.8 Å². The Balaban J connectivity index is 1.30. The van der Waals surface area contributed by atoms with E-state index < -0.39 is 23.9 Å². The molecular weight excluding hydrogens is 476 g/mol. The fraction of sp³-hybridized carbons (Fsp3) is 0.520. The zero-order chi connectivity index (χ0) is 26.6. The highest BCUT2D eigenvalue weighted by Crippen LogP contribution is 2.13. The third-order valence-electron chi connectivity index (χ3n) is 6.95. The van der Waals surface area contributed by atoms with Crippen LogP contribution in [0.5, 0.6) is 0 Å². The monoisotopic (exact) mass is 512 g/mol. The first-order chi connectivity index (χ1) is 17.7. The number of aromatic nitrogens is 2. The van der Waals surface area contributed by atoms with Crippen molar-refractivity contribution in [3.63, 3.8) is 0 Å². The number of benzene rings is 1. The number of aliphatic hydroxyl groups excluding tert-OH is 1. The average Bonchev–Trinajstić information content (AvgIpc) is 3.32. The molecule has 2 fully saturated rings. The first kappa shape index (κ1) is 26.7. The minimum Gasteiger partial charge on any atom is -0.394 e. The van der Waals surface area contributed by atoms with Gasteiger partial charge in [-0.15, -0.1) is 0 Å². The molecule has 2 aliphatic rings. The van der Waals surface area contributed by atoms with E-state index in [1.807, 2.05) is 24.3 Å². The Morgan fingerprint density at radius 2 is 1.78 bits per heavy atom. The lowest BCUT2D eigenvalue weighted by Crippen LogP contribution is -2.60. The number of nitrogens with zero attached hydrogens (tertiary/aromatic N) is 5. The van der Waals surface area contributed by atoms with E-state index in [0.29, 0.717) is 31.9 Å². The van der Waals surface area contributed by atoms with Crippen LogP contribution in [0.4, 0.5) is 10.6 Å². The molecule has 2 saturated heterocycles. The van der Waals surface area contributed by atoms with Gasteiger partial charge in [0.15, 0.2) is 0 Å². The maximum atomic E-state index is 12.7. The van der Waals surface area contributed by atoms with Crippen LogP contribution >= 0.6 is 0 Å². The fourth-order valence-electron chi connectivity index (χ4n) is 4.58. The number of nitrogens with one attached hydrogen (secondary N) is 1. The van der Waals surface area contributed by atoms with Crippen molar-refractivity contribution in [1.82, 2.24) is 24.3 Å². The number of likely N-dealkylation sites (tertiary alicyclic amines) is 1. The van der Waals surface area contributed by atoms with Gasteiger partial charge in [-0.3, -0.25) is 14.7 Å². The van der Waals surface area contributed by atoms with Crippen LogP contribution in [0.3, 0.4) is 0 Å². The summed E-state index contributed by atoms with van der Waals surface area (Å²) < 4.78 is 1.42. The molecule has 4 rings (SSSR count). The Hall–Kier alpha value is -3.32. The predicted octanol–water partition coefficient (Wildman–Crippen LogP) is -0.806. The van der Waals surface area contributed by atoms with Gasteiger partial charge in [0.2, 0.25) is 5.91 Å². The molecule has 37 heavy (non-hydrogen) atoms. The highest BCUT2D eigenvalue weighted by atomic mass is 16.3. The Kier molecular flexibility index (Phi) is 8.22. The second-order valence-corrected chi connectivity index (χ2v) is 10.0. The van der Waals surface area contributed by atoms with Crippen molar-refractivity contribution in [2.24, 2.45) is 11.5 Å². The van der Waals surface area contributed by atoms with Crippen molar-refractivity contribution in [3.05, 3.63) is 52.6 Å². The topological polar surface area (TPSA) is 163 Å². The summed E-state index contributed by atoms with van der Waals surface area (Å²) in [7, 11) is 0. The van der Waals surface area contributed by atoms with Gasteiger partial charge >= 0.3 is 11.7 Å². The Morgan fingerprint density at radius 1 is 1.11 bits per heavy atom. The van der Waals surface area contributed by atoms with Gasteiger partial charge in [0.05, 0.1) is 12.3 Å². The highest BCUT2D eigenvalue weighted by molar-refractivity contribution is 5.89. The first-order valence-electron chi connectivity index (χ1n) is 12.6. The lowest BCUT2D eigenvalue weighted by molar-refractivity contribution is -0.139. The van der Waals surface area contributed by atoms with Crippen molar-refractivity contribution in [1.29, 1.82) is 0 Å². The summed E-state index contributed by atoms with van der Waals surface area (Å²) in [5.41, 5.74) is 11.8. The third kappa shape index (κ3) is 6.52. The van der Waals surface area contributed by atoms with Crippen molar-refractivity contribution in [2.75, 3.05) is 57.7 Å². The number of hydrogen-bond acceptors (Lipinski definition) is 8. The molecule has 0 saturated carbocycles. The number of piperazine rings is 1. The summed E-state index contributed by atoms with van der Waals surface area (Å²) >= 11 is 0.